The molecule has 9 nitrogen and oxygen atoms in total. The number of benzene rings is 2. The molecular weight excluding hydrogens is 381 g/mol. The first-order valence-corrected chi connectivity index (χ1v) is 8.50. The highest BCUT2D eigenvalue weighted by molar-refractivity contribution is 6.05. The molecule has 0 radical (unpaired) electrons. The van der Waals surface area contributed by atoms with Gasteiger partial charge < -0.3 is 14.9 Å². The van der Waals surface area contributed by atoms with Crippen molar-refractivity contribution in [2.45, 2.75) is 0 Å². The van der Waals surface area contributed by atoms with Gasteiger partial charge in [0.1, 0.15) is 28.2 Å². The summed E-state index contributed by atoms with van der Waals surface area (Å²) in [6, 6.07) is 6.78. The predicted molar refractivity (Wildman–Crippen MR) is 104 cm³/mol. The number of aryl methyl sites for hydroxylation is 1. The maximum Gasteiger partial charge on any atom is 0.269 e. The maximum atomic E-state index is 14.9. The number of nitrogens with zero attached hydrogens (tertiary/aromatic N) is 3. The molecule has 0 unspecified atom stereocenters. The van der Waals surface area contributed by atoms with E-state index in [0.29, 0.717) is 16.9 Å². The Morgan fingerprint density at radius 2 is 2.00 bits per heavy atom. The lowest BCUT2D eigenvalue weighted by molar-refractivity contribution is -0.384. The van der Waals surface area contributed by atoms with Crippen molar-refractivity contribution in [1.29, 1.82) is 0 Å². The van der Waals surface area contributed by atoms with Crippen molar-refractivity contribution in [3.05, 3.63) is 68.2 Å². The van der Waals surface area contributed by atoms with Gasteiger partial charge in [0.05, 0.1) is 15.8 Å². The Bertz CT molecular complexity index is 1370. The quantitative estimate of drug-likeness (QED) is 0.408. The van der Waals surface area contributed by atoms with Crippen molar-refractivity contribution in [3.63, 3.8) is 0 Å². The number of pyridine rings is 1. The summed E-state index contributed by atoms with van der Waals surface area (Å²) in [6.07, 6.45) is 1.26. The number of hydrogen-bond acceptors (Lipinski definition) is 5. The zero-order chi connectivity index (χ0) is 20.9. The van der Waals surface area contributed by atoms with Crippen molar-refractivity contribution >= 4 is 33.5 Å². The molecule has 2 heterocycles. The molecule has 0 fully saturated rings. The number of carbonyl (C=O) groups excluding carboxylic acids is 1. The van der Waals surface area contributed by atoms with Crippen molar-refractivity contribution < 1.29 is 14.1 Å². The van der Waals surface area contributed by atoms with Gasteiger partial charge in [-0.2, -0.15) is 0 Å². The number of H-pyrrole nitrogens is 1. The lowest BCUT2D eigenvalue weighted by Gasteiger charge is -2.05. The van der Waals surface area contributed by atoms with Crippen LogP contribution in [0.15, 0.2) is 41.3 Å². The Balaban J connectivity index is 2.00. The van der Waals surface area contributed by atoms with Gasteiger partial charge >= 0.3 is 0 Å². The smallest absolute Gasteiger partial charge is 0.269 e. The molecule has 2 aromatic carbocycles. The fraction of sp³-hybridized carbons (Fsp3) is 0.105. The minimum Gasteiger partial charge on any atom is -0.358 e. The first-order valence-electron chi connectivity index (χ1n) is 8.50. The third-order valence-electron chi connectivity index (χ3n) is 4.76. The summed E-state index contributed by atoms with van der Waals surface area (Å²) in [5.41, 5.74) is 0.404. The van der Waals surface area contributed by atoms with Gasteiger partial charge in [0.15, 0.2) is 0 Å². The van der Waals surface area contributed by atoms with Gasteiger partial charge in [0.2, 0.25) is 5.43 Å². The van der Waals surface area contributed by atoms with E-state index in [4.69, 9.17) is 0 Å². The van der Waals surface area contributed by atoms with E-state index >= 15 is 0 Å². The normalized spacial score (nSPS) is 11.1. The fourth-order valence-electron chi connectivity index (χ4n) is 3.31. The number of nitrogens with one attached hydrogen (secondary N) is 2. The predicted octanol–water partition coefficient (Wildman–Crippen LogP) is 2.49. The highest BCUT2D eigenvalue weighted by atomic mass is 19.1. The number of rotatable bonds is 3. The molecule has 0 atom stereocenters. The van der Waals surface area contributed by atoms with Crippen LogP contribution in [0.25, 0.3) is 33.3 Å². The number of halogens is 1. The molecule has 0 aliphatic carbocycles. The summed E-state index contributed by atoms with van der Waals surface area (Å²) < 4.78 is 16.4. The van der Waals surface area contributed by atoms with E-state index in [-0.39, 0.29) is 27.7 Å². The largest absolute Gasteiger partial charge is 0.358 e. The van der Waals surface area contributed by atoms with Gasteiger partial charge in [-0.3, -0.25) is 19.7 Å². The average molecular weight is 395 g/mol. The summed E-state index contributed by atoms with van der Waals surface area (Å²) in [5.74, 6) is -0.881. The topological polar surface area (TPSA) is 123 Å². The zero-order valence-corrected chi connectivity index (χ0v) is 15.3. The molecule has 2 aromatic heterocycles. The molecule has 4 aromatic rings. The molecule has 29 heavy (non-hydrogen) atoms. The number of aromatic amines is 1. The number of hydrogen-bond donors (Lipinski definition) is 2. The highest BCUT2D eigenvalue weighted by Gasteiger charge is 2.20. The van der Waals surface area contributed by atoms with Crippen LogP contribution in [0.5, 0.6) is 0 Å². The molecule has 1 amide bonds. The van der Waals surface area contributed by atoms with E-state index in [1.165, 1.54) is 42.1 Å². The summed E-state index contributed by atoms with van der Waals surface area (Å²) in [5, 5.41) is 13.2. The lowest BCUT2D eigenvalue weighted by atomic mass is 10.1. The van der Waals surface area contributed by atoms with E-state index in [2.05, 4.69) is 15.3 Å². The van der Waals surface area contributed by atoms with Crippen molar-refractivity contribution in [3.8, 4) is 11.4 Å². The molecule has 10 heteroatoms. The number of nitro benzene ring substituents is 1. The summed E-state index contributed by atoms with van der Waals surface area (Å²) in [7, 11) is 3.00. The lowest BCUT2D eigenvalue weighted by Crippen LogP contribution is -2.25. The molecule has 0 spiro atoms. The van der Waals surface area contributed by atoms with Crippen LogP contribution < -0.4 is 10.7 Å². The van der Waals surface area contributed by atoms with E-state index in [1.54, 1.807) is 7.05 Å². The van der Waals surface area contributed by atoms with E-state index < -0.39 is 22.1 Å². The molecule has 0 saturated carbocycles. The number of imidazole rings is 1. The number of carbonyl (C=O) groups is 1. The first-order chi connectivity index (χ1) is 13.8. The molecule has 2 N–H and O–H groups in total. The van der Waals surface area contributed by atoms with Gasteiger partial charge in [-0.1, -0.05) is 0 Å². The standard InChI is InChI=1S/C19H14FN5O4/c1-21-19(27)12-8-22-14-11(17(12)26)7-13(20)16-15(14)23-18(24(16)2)9-3-5-10(6-4-9)25(28)29/h3-8H,1-2H3,(H,21,27)(H,22,26). The van der Waals surface area contributed by atoms with E-state index in [9.17, 15) is 24.1 Å². The van der Waals surface area contributed by atoms with Crippen LogP contribution in [0.1, 0.15) is 10.4 Å². The molecule has 0 bridgehead atoms. The van der Waals surface area contributed by atoms with Crippen LogP contribution in [0.2, 0.25) is 0 Å². The molecular formula is C19H14FN5O4. The zero-order valence-electron chi connectivity index (χ0n) is 15.3. The second-order valence-corrected chi connectivity index (χ2v) is 6.39. The molecule has 0 aliphatic rings. The number of amides is 1. The Morgan fingerprint density at radius 3 is 2.62 bits per heavy atom. The number of nitro groups is 1. The average Bonchev–Trinajstić information content (AvgIpc) is 3.06. The van der Waals surface area contributed by atoms with Crippen LogP contribution in [0.3, 0.4) is 0 Å². The van der Waals surface area contributed by atoms with E-state index in [0.717, 1.165) is 6.07 Å². The van der Waals surface area contributed by atoms with Gasteiger partial charge in [-0.25, -0.2) is 9.37 Å². The van der Waals surface area contributed by atoms with Crippen LogP contribution in [-0.2, 0) is 7.05 Å². The van der Waals surface area contributed by atoms with Crippen LogP contribution in [0, 0.1) is 15.9 Å². The van der Waals surface area contributed by atoms with Gasteiger partial charge in [0.25, 0.3) is 11.6 Å². The Labute approximate surface area is 161 Å². The Morgan fingerprint density at radius 1 is 1.31 bits per heavy atom. The first kappa shape index (κ1) is 18.3. The number of non-ortho nitro benzene ring substituents is 1. The molecule has 146 valence electrons. The Kier molecular flexibility index (Phi) is 4.11. The number of fused-ring (bicyclic) bond motifs is 3. The molecule has 0 saturated heterocycles. The second-order valence-electron chi connectivity index (χ2n) is 6.39. The minimum absolute atomic E-state index is 0.00412. The highest BCUT2D eigenvalue weighted by Crippen LogP contribution is 2.30. The van der Waals surface area contributed by atoms with Gasteiger partial charge in [0, 0.05) is 38.0 Å². The summed E-state index contributed by atoms with van der Waals surface area (Å²) in [6.45, 7) is 0. The third-order valence-corrected chi connectivity index (χ3v) is 4.76. The van der Waals surface area contributed by atoms with Crippen LogP contribution in [-0.4, -0.2) is 32.4 Å². The maximum absolute atomic E-state index is 14.9. The van der Waals surface area contributed by atoms with Crippen LogP contribution in [0.4, 0.5) is 10.1 Å². The number of aromatic nitrogens is 3. The minimum atomic E-state index is -0.671. The third kappa shape index (κ3) is 2.73. The van der Waals surface area contributed by atoms with Gasteiger partial charge in [-0.15, -0.1) is 0 Å². The Hall–Kier alpha value is -4.08. The monoisotopic (exact) mass is 395 g/mol. The van der Waals surface area contributed by atoms with Crippen molar-refractivity contribution in [2.75, 3.05) is 7.05 Å². The SMILES string of the molecule is CNC(=O)c1c[nH]c2c(cc(F)c3c2nc(-c2ccc([N+](=O)[O-])cc2)n3C)c1=O. The van der Waals surface area contributed by atoms with Crippen molar-refractivity contribution in [1.82, 2.24) is 19.9 Å². The fourth-order valence-corrected chi connectivity index (χ4v) is 3.31. The van der Waals surface area contributed by atoms with E-state index in [1.807, 2.05) is 0 Å². The summed E-state index contributed by atoms with van der Waals surface area (Å²) in [4.78, 5) is 42.2. The molecule has 4 rings (SSSR count). The molecule has 0 aliphatic heterocycles. The van der Waals surface area contributed by atoms with Crippen molar-refractivity contribution in [2.24, 2.45) is 7.05 Å². The van der Waals surface area contributed by atoms with Crippen LogP contribution >= 0.6 is 0 Å². The second kappa shape index (κ2) is 6.51. The summed E-state index contributed by atoms with van der Waals surface area (Å²) >= 11 is 0. The van der Waals surface area contributed by atoms with Gasteiger partial charge in [-0.05, 0) is 18.2 Å².